The van der Waals surface area contributed by atoms with Crippen LogP contribution in [0.2, 0.25) is 0 Å². The number of nitrogens with two attached hydrogens (primary N) is 1. The lowest BCUT2D eigenvalue weighted by atomic mass is 9.77. The fourth-order valence-electron chi connectivity index (χ4n) is 4.75. The van der Waals surface area contributed by atoms with Crippen LogP contribution in [0.25, 0.3) is 21.9 Å². The van der Waals surface area contributed by atoms with E-state index in [4.69, 9.17) is 10.7 Å². The molecule has 0 saturated carbocycles. The second kappa shape index (κ2) is 11.0. The molecule has 3 aromatic carbocycles. The van der Waals surface area contributed by atoms with Gasteiger partial charge in [0.05, 0.1) is 11.0 Å². The van der Waals surface area contributed by atoms with Crippen molar-refractivity contribution >= 4 is 46.2 Å². The van der Waals surface area contributed by atoms with Gasteiger partial charge in [0.1, 0.15) is 11.3 Å². The molecule has 0 atom stereocenters. The summed E-state index contributed by atoms with van der Waals surface area (Å²) in [6.07, 6.45) is 2.95. The quantitative estimate of drug-likeness (QED) is 0.227. The number of pyridine rings is 1. The van der Waals surface area contributed by atoms with E-state index in [1.807, 2.05) is 30.3 Å². The zero-order valence-electron chi connectivity index (χ0n) is 21.3. The van der Waals surface area contributed by atoms with Gasteiger partial charge in [-0.3, -0.25) is 4.79 Å². The van der Waals surface area contributed by atoms with E-state index >= 15 is 0 Å². The van der Waals surface area contributed by atoms with Crippen LogP contribution >= 0.6 is 0 Å². The average Bonchev–Trinajstić information content (AvgIpc) is 3.30. The van der Waals surface area contributed by atoms with E-state index in [0.29, 0.717) is 18.9 Å². The van der Waals surface area contributed by atoms with Crippen molar-refractivity contribution < 1.29 is 14.8 Å². The number of imidazole rings is 1. The van der Waals surface area contributed by atoms with Gasteiger partial charge in [-0.15, -0.1) is 0 Å². The van der Waals surface area contributed by atoms with Gasteiger partial charge in [-0.25, -0.2) is 9.97 Å². The molecule has 0 radical (unpaired) electrons. The molecule has 2 heterocycles. The van der Waals surface area contributed by atoms with Gasteiger partial charge in [-0.05, 0) is 35.1 Å². The number of amides is 1. The predicted molar refractivity (Wildman–Crippen MR) is 151 cm³/mol. The Morgan fingerprint density at radius 2 is 1.68 bits per heavy atom. The molecule has 0 aliphatic carbocycles. The highest BCUT2D eigenvalue weighted by atomic mass is 16.4. The second-order valence-electron chi connectivity index (χ2n) is 9.39. The van der Waals surface area contributed by atoms with Gasteiger partial charge < -0.3 is 25.7 Å². The molecule has 8 nitrogen and oxygen atoms in total. The molecule has 5 aromatic rings. The van der Waals surface area contributed by atoms with Crippen LogP contribution in [0.4, 0.5) is 5.82 Å². The molecular formula is C29H30BN5O3. The number of benzene rings is 3. The van der Waals surface area contributed by atoms with Gasteiger partial charge in [-0.2, -0.15) is 0 Å². The normalized spacial score (nSPS) is 11.2. The average molecular weight is 507 g/mol. The lowest BCUT2D eigenvalue weighted by Gasteiger charge is -2.12. The maximum Gasteiger partial charge on any atom is 0.489 e. The van der Waals surface area contributed by atoms with E-state index in [1.165, 1.54) is 6.07 Å². The Morgan fingerprint density at radius 3 is 2.45 bits per heavy atom. The van der Waals surface area contributed by atoms with Crippen molar-refractivity contribution in [1.82, 2.24) is 19.9 Å². The van der Waals surface area contributed by atoms with Gasteiger partial charge in [0.15, 0.2) is 5.82 Å². The Balaban J connectivity index is 1.39. The van der Waals surface area contributed by atoms with Gasteiger partial charge in [0.2, 0.25) is 0 Å². The van der Waals surface area contributed by atoms with E-state index in [1.54, 1.807) is 18.2 Å². The first-order valence-corrected chi connectivity index (χ1v) is 12.8. The molecule has 0 aliphatic rings. The number of rotatable bonds is 9. The van der Waals surface area contributed by atoms with Crippen LogP contribution in [0, 0.1) is 0 Å². The summed E-state index contributed by atoms with van der Waals surface area (Å²) in [5, 5.41) is 23.0. The Kier molecular flexibility index (Phi) is 7.39. The summed E-state index contributed by atoms with van der Waals surface area (Å²) < 4.78 is 2.25. The molecule has 5 rings (SSSR count). The zero-order valence-corrected chi connectivity index (χ0v) is 21.3. The number of nitrogens with zero attached hydrogens (tertiary/aromatic N) is 3. The summed E-state index contributed by atoms with van der Waals surface area (Å²) >= 11 is 0. The smallest absolute Gasteiger partial charge is 0.423 e. The van der Waals surface area contributed by atoms with Crippen molar-refractivity contribution in [2.24, 2.45) is 0 Å². The number of fused-ring (bicyclic) bond motifs is 3. The molecule has 2 aromatic heterocycles. The number of para-hydroxylation sites is 1. The minimum atomic E-state index is -1.71. The monoisotopic (exact) mass is 507 g/mol. The fraction of sp³-hybridized carbons (Fsp3) is 0.207. The number of carbonyl (C=O) groups excluding carboxylic acids is 1. The number of unbranched alkanes of at least 4 members (excludes halogenated alkanes) is 1. The molecule has 0 spiro atoms. The molecule has 0 fully saturated rings. The van der Waals surface area contributed by atoms with E-state index in [-0.39, 0.29) is 16.9 Å². The van der Waals surface area contributed by atoms with E-state index in [2.05, 4.69) is 40.0 Å². The van der Waals surface area contributed by atoms with E-state index < -0.39 is 7.12 Å². The van der Waals surface area contributed by atoms with Crippen molar-refractivity contribution in [3.05, 3.63) is 95.3 Å². The summed E-state index contributed by atoms with van der Waals surface area (Å²) in [6, 6.07) is 22.5. The Hall–Kier alpha value is -4.21. The van der Waals surface area contributed by atoms with Crippen LogP contribution in [0.3, 0.4) is 0 Å². The number of anilines is 1. The number of aryl methyl sites for hydroxylation is 1. The van der Waals surface area contributed by atoms with Crippen LogP contribution in [-0.2, 0) is 19.5 Å². The van der Waals surface area contributed by atoms with Crippen molar-refractivity contribution in [1.29, 1.82) is 0 Å². The molecule has 0 aliphatic heterocycles. The topological polar surface area (TPSA) is 126 Å². The molecule has 1 amide bonds. The number of nitrogen functional groups attached to an aromatic ring is 1. The molecule has 0 unspecified atom stereocenters. The third kappa shape index (κ3) is 5.11. The van der Waals surface area contributed by atoms with Crippen molar-refractivity contribution in [3.8, 4) is 0 Å². The molecule has 9 heteroatoms. The lowest BCUT2D eigenvalue weighted by Crippen LogP contribution is -2.37. The maximum absolute atomic E-state index is 12.6. The van der Waals surface area contributed by atoms with Gasteiger partial charge in [0.25, 0.3) is 5.91 Å². The van der Waals surface area contributed by atoms with Crippen LogP contribution < -0.4 is 16.5 Å². The van der Waals surface area contributed by atoms with Gasteiger partial charge in [-0.1, -0.05) is 74.0 Å². The summed E-state index contributed by atoms with van der Waals surface area (Å²) in [4.78, 5) is 22.1. The lowest BCUT2D eigenvalue weighted by molar-refractivity contribution is 0.0951. The summed E-state index contributed by atoms with van der Waals surface area (Å²) in [7, 11) is -1.71. The minimum Gasteiger partial charge on any atom is -0.423 e. The zero-order chi connectivity index (χ0) is 26.6. The largest absolute Gasteiger partial charge is 0.489 e. The highest BCUT2D eigenvalue weighted by Gasteiger charge is 2.20. The van der Waals surface area contributed by atoms with Crippen LogP contribution in [0.1, 0.15) is 47.1 Å². The number of carbonyl (C=O) groups is 1. The molecular weight excluding hydrogens is 477 g/mol. The number of nitrogens with one attached hydrogen (secondary N) is 1. The summed E-state index contributed by atoms with van der Waals surface area (Å²) in [5.41, 5.74) is 11.4. The standard InChI is InChI=1S/C29H30BN5O3/c1-2-3-12-25-34-26-27(22-9-5-7-11-24(22)33-28(26)31)35(25)18-20-15-13-19(14-16-20)17-32-29(36)21-8-4-6-10-23(21)30(37)38/h4-11,13-16,37-38H,2-3,12,17-18H2,1H3,(H2,31,33)(H,32,36). The number of hydrogen-bond acceptors (Lipinski definition) is 6. The van der Waals surface area contributed by atoms with Crippen LogP contribution in [0.5, 0.6) is 0 Å². The van der Waals surface area contributed by atoms with Crippen LogP contribution in [-0.4, -0.2) is 37.6 Å². The molecule has 0 saturated heterocycles. The van der Waals surface area contributed by atoms with E-state index in [0.717, 1.165) is 58.2 Å². The van der Waals surface area contributed by atoms with Crippen LogP contribution in [0.15, 0.2) is 72.8 Å². The Bertz CT molecular complexity index is 1600. The van der Waals surface area contributed by atoms with Crippen molar-refractivity contribution in [2.75, 3.05) is 5.73 Å². The fourth-order valence-corrected chi connectivity index (χ4v) is 4.75. The molecule has 0 bridgehead atoms. The first-order valence-electron chi connectivity index (χ1n) is 12.8. The predicted octanol–water partition coefficient (Wildman–Crippen LogP) is 3.17. The number of aromatic nitrogens is 3. The first kappa shape index (κ1) is 25.4. The van der Waals surface area contributed by atoms with Gasteiger partial charge in [0, 0.05) is 30.5 Å². The third-order valence-corrected chi connectivity index (χ3v) is 6.74. The Morgan fingerprint density at radius 1 is 0.974 bits per heavy atom. The molecule has 5 N–H and O–H groups in total. The van der Waals surface area contributed by atoms with Crippen molar-refractivity contribution in [2.45, 2.75) is 39.3 Å². The number of hydrogen-bond donors (Lipinski definition) is 4. The SMILES string of the molecule is CCCCc1nc2c(N)nc3ccccc3c2n1Cc1ccc(CNC(=O)c2ccccc2B(O)O)cc1. The third-order valence-electron chi connectivity index (χ3n) is 6.74. The Labute approximate surface area is 221 Å². The highest BCUT2D eigenvalue weighted by molar-refractivity contribution is 6.60. The maximum atomic E-state index is 12.6. The minimum absolute atomic E-state index is 0.176. The summed E-state index contributed by atoms with van der Waals surface area (Å²) in [5.74, 6) is 1.07. The molecule has 38 heavy (non-hydrogen) atoms. The van der Waals surface area contributed by atoms with E-state index in [9.17, 15) is 14.8 Å². The highest BCUT2D eigenvalue weighted by Crippen LogP contribution is 2.30. The molecule has 192 valence electrons. The first-order chi connectivity index (χ1) is 18.5. The summed E-state index contributed by atoms with van der Waals surface area (Å²) in [6.45, 7) is 3.12. The van der Waals surface area contributed by atoms with Gasteiger partial charge >= 0.3 is 7.12 Å². The second-order valence-corrected chi connectivity index (χ2v) is 9.39. The van der Waals surface area contributed by atoms with Crippen molar-refractivity contribution in [3.63, 3.8) is 0 Å².